The second-order valence-corrected chi connectivity index (χ2v) is 5.98. The number of hydrogen-bond donors (Lipinski definition) is 3. The summed E-state index contributed by atoms with van der Waals surface area (Å²) in [6, 6.07) is 12.6. The number of halogens is 2. The number of rotatable bonds is 4. The van der Waals surface area contributed by atoms with E-state index >= 15 is 0 Å². The highest BCUT2D eigenvalue weighted by atomic mass is 79.9. The lowest BCUT2D eigenvalue weighted by Crippen LogP contribution is -2.35. The summed E-state index contributed by atoms with van der Waals surface area (Å²) in [7, 11) is 0. The van der Waals surface area contributed by atoms with Crippen LogP contribution >= 0.6 is 31.9 Å². The fourth-order valence-corrected chi connectivity index (χ4v) is 2.88. The van der Waals surface area contributed by atoms with Gasteiger partial charge in [0.05, 0.1) is 15.7 Å². The Morgan fingerprint density at radius 3 is 2.43 bits per heavy atom. The lowest BCUT2D eigenvalue weighted by Gasteiger charge is -2.12. The van der Waals surface area contributed by atoms with Gasteiger partial charge in [0, 0.05) is 4.47 Å². The van der Waals surface area contributed by atoms with Crippen LogP contribution in [0.4, 0.5) is 0 Å². The van der Waals surface area contributed by atoms with Crippen LogP contribution < -0.4 is 10.9 Å². The van der Waals surface area contributed by atoms with Crippen molar-refractivity contribution >= 4 is 43.5 Å². The monoisotopic (exact) mass is 410 g/mol. The van der Waals surface area contributed by atoms with Gasteiger partial charge in [0.25, 0.3) is 5.91 Å². The van der Waals surface area contributed by atoms with Gasteiger partial charge in [0.2, 0.25) is 0 Å². The Balaban J connectivity index is 2.08. The second kappa shape index (κ2) is 6.78. The van der Waals surface area contributed by atoms with E-state index in [0.29, 0.717) is 14.6 Å². The summed E-state index contributed by atoms with van der Waals surface area (Å²) in [4.78, 5) is 12.1. The molecule has 0 atom stereocenters. The summed E-state index contributed by atoms with van der Waals surface area (Å²) in [6.45, 7) is 3.84. The number of aromatic hydroxyl groups is 1. The number of hydrogen-bond acceptors (Lipinski definition) is 3. The van der Waals surface area contributed by atoms with Crippen LogP contribution in [0.15, 0.2) is 58.0 Å². The van der Waals surface area contributed by atoms with Gasteiger partial charge in [-0.3, -0.25) is 15.6 Å². The molecule has 3 N–H and O–H groups in total. The Morgan fingerprint density at radius 1 is 1.10 bits per heavy atom. The molecule has 2 aromatic carbocycles. The molecule has 0 saturated heterocycles. The molecule has 0 aliphatic carbocycles. The fraction of sp³-hybridized carbons (Fsp3) is 0. The molecular weight excluding hydrogens is 400 g/mol. The van der Waals surface area contributed by atoms with Crippen molar-refractivity contribution in [3.05, 3.63) is 69.1 Å². The minimum Gasteiger partial charge on any atom is -0.506 e. The highest BCUT2D eigenvalue weighted by Gasteiger charge is 2.15. The molecule has 108 valence electrons. The Morgan fingerprint density at radius 2 is 1.76 bits per heavy atom. The van der Waals surface area contributed by atoms with Crippen molar-refractivity contribution in [1.82, 2.24) is 10.9 Å². The summed E-state index contributed by atoms with van der Waals surface area (Å²) in [5.41, 5.74) is 6.79. The van der Waals surface area contributed by atoms with Gasteiger partial charge in [0.15, 0.2) is 0 Å². The van der Waals surface area contributed by atoms with Crippen molar-refractivity contribution in [1.29, 1.82) is 0 Å². The molecule has 4 nitrogen and oxygen atoms in total. The maximum Gasteiger partial charge on any atom is 0.273 e. The first kappa shape index (κ1) is 15.6. The van der Waals surface area contributed by atoms with Gasteiger partial charge in [-0.15, -0.1) is 0 Å². The molecule has 6 heteroatoms. The molecule has 0 aliphatic heterocycles. The van der Waals surface area contributed by atoms with E-state index in [1.54, 1.807) is 6.07 Å². The van der Waals surface area contributed by atoms with Crippen LogP contribution in [0.25, 0.3) is 5.70 Å². The zero-order valence-electron chi connectivity index (χ0n) is 10.9. The molecule has 0 spiro atoms. The Bertz CT molecular complexity index is 688. The smallest absolute Gasteiger partial charge is 0.273 e. The topological polar surface area (TPSA) is 61.4 Å². The first-order valence-corrected chi connectivity index (χ1v) is 7.56. The molecule has 0 saturated carbocycles. The van der Waals surface area contributed by atoms with E-state index in [2.05, 4.69) is 49.3 Å². The first-order chi connectivity index (χ1) is 9.99. The fourth-order valence-electron chi connectivity index (χ4n) is 1.65. The van der Waals surface area contributed by atoms with Gasteiger partial charge >= 0.3 is 0 Å². The van der Waals surface area contributed by atoms with Crippen LogP contribution in [-0.2, 0) is 0 Å². The molecule has 0 fully saturated rings. The molecule has 0 heterocycles. The second-order valence-electron chi connectivity index (χ2n) is 4.21. The molecule has 21 heavy (non-hydrogen) atoms. The van der Waals surface area contributed by atoms with Crippen molar-refractivity contribution in [3.63, 3.8) is 0 Å². The van der Waals surface area contributed by atoms with Crippen molar-refractivity contribution in [2.75, 3.05) is 0 Å². The Hall–Kier alpha value is -1.79. The standard InChI is InChI=1S/C15H12Br2N2O2/c1-9(10-5-3-2-4-6-10)18-19-15(21)12-7-11(16)8-13(17)14(12)20/h2-8,18,20H,1H2,(H,19,21). The third-order valence-corrected chi connectivity index (χ3v) is 3.78. The molecule has 0 unspecified atom stereocenters. The number of amides is 1. The average Bonchev–Trinajstić information content (AvgIpc) is 2.49. The number of phenolic OH excluding ortho intramolecular Hbond substituents is 1. The number of carbonyl (C=O) groups is 1. The van der Waals surface area contributed by atoms with E-state index in [4.69, 9.17) is 0 Å². The van der Waals surface area contributed by atoms with E-state index in [0.717, 1.165) is 5.56 Å². The highest BCUT2D eigenvalue weighted by Crippen LogP contribution is 2.31. The van der Waals surface area contributed by atoms with E-state index in [1.807, 2.05) is 30.3 Å². The number of nitrogens with one attached hydrogen (secondary N) is 2. The number of hydrazine groups is 1. The summed E-state index contributed by atoms with van der Waals surface area (Å²) in [5.74, 6) is -0.589. The number of phenols is 1. The van der Waals surface area contributed by atoms with Gasteiger partial charge in [-0.2, -0.15) is 0 Å². The van der Waals surface area contributed by atoms with Crippen LogP contribution in [-0.4, -0.2) is 11.0 Å². The Kier molecular flexibility index (Phi) is 5.03. The van der Waals surface area contributed by atoms with Crippen LogP contribution in [0.1, 0.15) is 15.9 Å². The molecular formula is C15H12Br2N2O2. The van der Waals surface area contributed by atoms with E-state index in [-0.39, 0.29) is 11.3 Å². The van der Waals surface area contributed by atoms with Gasteiger partial charge in [-0.1, -0.05) is 52.8 Å². The van der Waals surface area contributed by atoms with E-state index < -0.39 is 5.91 Å². The minimum atomic E-state index is -0.466. The molecule has 0 aromatic heterocycles. The van der Waals surface area contributed by atoms with Crippen LogP contribution in [0, 0.1) is 0 Å². The highest BCUT2D eigenvalue weighted by molar-refractivity contribution is 9.11. The summed E-state index contributed by atoms with van der Waals surface area (Å²) in [5, 5.41) is 9.90. The van der Waals surface area contributed by atoms with E-state index in [1.165, 1.54) is 6.07 Å². The van der Waals surface area contributed by atoms with E-state index in [9.17, 15) is 9.90 Å². The van der Waals surface area contributed by atoms with Crippen LogP contribution in [0.2, 0.25) is 0 Å². The maximum absolute atomic E-state index is 12.1. The lowest BCUT2D eigenvalue weighted by molar-refractivity contribution is 0.0939. The normalized spacial score (nSPS) is 10.0. The van der Waals surface area contributed by atoms with Crippen LogP contribution in [0.5, 0.6) is 5.75 Å². The number of benzene rings is 2. The van der Waals surface area contributed by atoms with Crippen molar-refractivity contribution in [2.24, 2.45) is 0 Å². The lowest BCUT2D eigenvalue weighted by atomic mass is 10.2. The van der Waals surface area contributed by atoms with Crippen molar-refractivity contribution in [3.8, 4) is 5.75 Å². The van der Waals surface area contributed by atoms with Gasteiger partial charge in [-0.25, -0.2) is 0 Å². The molecule has 2 rings (SSSR count). The first-order valence-electron chi connectivity index (χ1n) is 5.97. The average molecular weight is 412 g/mol. The van der Waals surface area contributed by atoms with Gasteiger partial charge in [0.1, 0.15) is 5.75 Å². The van der Waals surface area contributed by atoms with Crippen molar-refractivity contribution < 1.29 is 9.90 Å². The summed E-state index contributed by atoms with van der Waals surface area (Å²) >= 11 is 6.46. The zero-order chi connectivity index (χ0) is 15.4. The quantitative estimate of drug-likeness (QED) is 0.670. The molecule has 0 aliphatic rings. The predicted molar refractivity (Wildman–Crippen MR) is 89.6 cm³/mol. The van der Waals surface area contributed by atoms with Crippen LogP contribution in [0.3, 0.4) is 0 Å². The van der Waals surface area contributed by atoms with Crippen molar-refractivity contribution in [2.45, 2.75) is 0 Å². The molecule has 2 aromatic rings. The molecule has 1 amide bonds. The minimum absolute atomic E-state index is 0.122. The zero-order valence-corrected chi connectivity index (χ0v) is 14.0. The third kappa shape index (κ3) is 3.86. The molecule has 0 bridgehead atoms. The maximum atomic E-state index is 12.1. The van der Waals surface area contributed by atoms with Gasteiger partial charge in [-0.05, 0) is 33.6 Å². The SMILES string of the molecule is C=C(NNC(=O)c1cc(Br)cc(Br)c1O)c1ccccc1. The summed E-state index contributed by atoms with van der Waals surface area (Å²) < 4.78 is 1.11. The Labute approximate surface area is 139 Å². The largest absolute Gasteiger partial charge is 0.506 e. The summed E-state index contributed by atoms with van der Waals surface area (Å²) in [6.07, 6.45) is 0. The number of carbonyl (C=O) groups excluding carboxylic acids is 1. The third-order valence-electron chi connectivity index (χ3n) is 2.72. The molecule has 0 radical (unpaired) electrons. The van der Waals surface area contributed by atoms with Gasteiger partial charge < -0.3 is 5.11 Å². The predicted octanol–water partition coefficient (Wildman–Crippen LogP) is 3.82.